The van der Waals surface area contributed by atoms with E-state index in [1.165, 1.54) is 24.8 Å². The van der Waals surface area contributed by atoms with Gasteiger partial charge < -0.3 is 5.32 Å². The lowest BCUT2D eigenvalue weighted by atomic mass is 9.94. The molecule has 0 saturated heterocycles. The number of nitrogens with one attached hydrogen (secondary N) is 1. The zero-order valence-corrected chi connectivity index (χ0v) is 8.72. The Morgan fingerprint density at radius 1 is 1.21 bits per heavy atom. The first-order valence-electron chi connectivity index (χ1n) is 5.68. The van der Waals surface area contributed by atoms with Crippen LogP contribution in [0.1, 0.15) is 42.4 Å². The van der Waals surface area contributed by atoms with Gasteiger partial charge in [0.25, 0.3) is 0 Å². The van der Waals surface area contributed by atoms with Crippen molar-refractivity contribution in [2.75, 3.05) is 0 Å². The zero-order valence-electron chi connectivity index (χ0n) is 8.72. The maximum atomic E-state index is 3.52. The third-order valence-corrected chi connectivity index (χ3v) is 3.45. The second-order valence-corrected chi connectivity index (χ2v) is 4.79. The van der Waals surface area contributed by atoms with Crippen molar-refractivity contribution >= 4 is 0 Å². The average molecular weight is 187 g/mol. The summed E-state index contributed by atoms with van der Waals surface area (Å²) >= 11 is 0. The molecule has 1 nitrogen and oxygen atoms in total. The van der Waals surface area contributed by atoms with Crippen LogP contribution in [0, 0.1) is 0 Å². The van der Waals surface area contributed by atoms with Gasteiger partial charge in [0.1, 0.15) is 0 Å². The monoisotopic (exact) mass is 187 g/mol. The van der Waals surface area contributed by atoms with Crippen LogP contribution in [0.2, 0.25) is 0 Å². The van der Waals surface area contributed by atoms with Crippen molar-refractivity contribution < 1.29 is 0 Å². The molecule has 0 amide bonds. The molecule has 1 aliphatic carbocycles. The van der Waals surface area contributed by atoms with Crippen molar-refractivity contribution in [3.8, 4) is 0 Å². The molecule has 1 heteroatoms. The van der Waals surface area contributed by atoms with E-state index in [9.17, 15) is 0 Å². The highest BCUT2D eigenvalue weighted by Crippen LogP contribution is 2.40. The van der Waals surface area contributed by atoms with Gasteiger partial charge in [-0.15, -0.1) is 0 Å². The summed E-state index contributed by atoms with van der Waals surface area (Å²) in [6.45, 7) is 3.33. The van der Waals surface area contributed by atoms with Crippen LogP contribution >= 0.6 is 0 Å². The Kier molecular flexibility index (Phi) is 1.88. The van der Waals surface area contributed by atoms with E-state index in [-0.39, 0.29) is 0 Å². The van der Waals surface area contributed by atoms with Crippen LogP contribution in [0.25, 0.3) is 0 Å². The van der Waals surface area contributed by atoms with E-state index in [1.807, 2.05) is 0 Å². The minimum absolute atomic E-state index is 0.647. The number of fused-ring (bicyclic) bond motifs is 1. The quantitative estimate of drug-likeness (QED) is 0.712. The molecule has 3 rings (SSSR count). The highest BCUT2D eigenvalue weighted by molar-refractivity contribution is 5.37. The second-order valence-electron chi connectivity index (χ2n) is 4.79. The first-order valence-corrected chi connectivity index (χ1v) is 5.68. The lowest BCUT2D eigenvalue weighted by molar-refractivity contribution is 0.513. The number of rotatable bonds is 1. The maximum absolute atomic E-state index is 3.52. The molecule has 0 aromatic heterocycles. The average Bonchev–Trinajstić information content (AvgIpc) is 3.00. The van der Waals surface area contributed by atoms with Gasteiger partial charge >= 0.3 is 0 Å². The number of hydrogen-bond acceptors (Lipinski definition) is 1. The lowest BCUT2D eigenvalue weighted by Crippen LogP contribution is -2.32. The van der Waals surface area contributed by atoms with Gasteiger partial charge in [-0.1, -0.05) is 18.2 Å². The van der Waals surface area contributed by atoms with Crippen LogP contribution in [-0.4, -0.2) is 6.04 Å². The van der Waals surface area contributed by atoms with Crippen LogP contribution in [0.5, 0.6) is 0 Å². The Morgan fingerprint density at radius 3 is 2.86 bits per heavy atom. The van der Waals surface area contributed by atoms with E-state index in [1.54, 1.807) is 11.1 Å². The summed E-state index contributed by atoms with van der Waals surface area (Å²) in [4.78, 5) is 0. The summed E-state index contributed by atoms with van der Waals surface area (Å²) in [5.74, 6) is 0.889. The van der Waals surface area contributed by atoms with Crippen molar-refractivity contribution in [1.82, 2.24) is 5.32 Å². The van der Waals surface area contributed by atoms with Gasteiger partial charge in [0.2, 0.25) is 0 Å². The fourth-order valence-electron chi connectivity index (χ4n) is 2.37. The molecule has 2 aliphatic rings. The molecule has 1 atom stereocenters. The van der Waals surface area contributed by atoms with E-state index in [2.05, 4.69) is 30.4 Å². The summed E-state index contributed by atoms with van der Waals surface area (Å²) in [6.07, 6.45) is 4.01. The van der Waals surface area contributed by atoms with Crippen molar-refractivity contribution in [2.24, 2.45) is 0 Å². The predicted octanol–water partition coefficient (Wildman–Crippen LogP) is 2.60. The second kappa shape index (κ2) is 3.09. The van der Waals surface area contributed by atoms with Gasteiger partial charge in [0.15, 0.2) is 0 Å². The SMILES string of the molecule is CC1Cc2ccc(C3CC3)cc2CN1. The number of benzene rings is 1. The highest BCUT2D eigenvalue weighted by atomic mass is 14.9. The van der Waals surface area contributed by atoms with Crippen LogP contribution < -0.4 is 5.32 Å². The predicted molar refractivity (Wildman–Crippen MR) is 58.4 cm³/mol. The molecule has 1 aliphatic heterocycles. The molecule has 1 aromatic rings. The first kappa shape index (κ1) is 8.49. The Labute approximate surface area is 85.5 Å². The van der Waals surface area contributed by atoms with E-state index in [0.717, 1.165) is 12.5 Å². The van der Waals surface area contributed by atoms with Crippen molar-refractivity contribution in [3.63, 3.8) is 0 Å². The fourth-order valence-corrected chi connectivity index (χ4v) is 2.37. The normalized spacial score (nSPS) is 25.9. The minimum atomic E-state index is 0.647. The Bertz CT molecular complexity index is 352. The number of hydrogen-bond donors (Lipinski definition) is 1. The molecular weight excluding hydrogens is 170 g/mol. The molecule has 0 spiro atoms. The first-order chi connectivity index (χ1) is 6.83. The summed E-state index contributed by atoms with van der Waals surface area (Å²) in [5.41, 5.74) is 4.66. The zero-order chi connectivity index (χ0) is 9.54. The molecule has 74 valence electrons. The standard InChI is InChI=1S/C13H17N/c1-9-6-11-4-5-12(10-2-3-10)7-13(11)8-14-9/h4-5,7,9-10,14H,2-3,6,8H2,1H3. The molecule has 1 N–H and O–H groups in total. The molecule has 1 heterocycles. The summed E-state index contributed by atoms with van der Waals surface area (Å²) < 4.78 is 0. The summed E-state index contributed by atoms with van der Waals surface area (Å²) in [7, 11) is 0. The third kappa shape index (κ3) is 1.46. The smallest absolute Gasteiger partial charge is 0.0210 e. The van der Waals surface area contributed by atoms with Gasteiger partial charge in [-0.05, 0) is 48.8 Å². The minimum Gasteiger partial charge on any atom is -0.310 e. The van der Waals surface area contributed by atoms with Crippen molar-refractivity contribution in [3.05, 3.63) is 34.9 Å². The van der Waals surface area contributed by atoms with Crippen molar-refractivity contribution in [2.45, 2.75) is 44.7 Å². The molecule has 1 saturated carbocycles. The van der Waals surface area contributed by atoms with E-state index in [0.29, 0.717) is 6.04 Å². The van der Waals surface area contributed by atoms with Crippen LogP contribution in [0.15, 0.2) is 18.2 Å². The van der Waals surface area contributed by atoms with Gasteiger partial charge in [-0.3, -0.25) is 0 Å². The highest BCUT2D eigenvalue weighted by Gasteiger charge is 2.24. The van der Waals surface area contributed by atoms with Crippen molar-refractivity contribution in [1.29, 1.82) is 0 Å². The fraction of sp³-hybridized carbons (Fsp3) is 0.538. The maximum Gasteiger partial charge on any atom is 0.0210 e. The topological polar surface area (TPSA) is 12.0 Å². The molecule has 1 aromatic carbocycles. The van der Waals surface area contributed by atoms with Crippen LogP contribution in [0.3, 0.4) is 0 Å². The molecule has 1 fully saturated rings. The van der Waals surface area contributed by atoms with Gasteiger partial charge in [-0.2, -0.15) is 0 Å². The molecule has 0 radical (unpaired) electrons. The van der Waals surface area contributed by atoms with E-state index >= 15 is 0 Å². The lowest BCUT2D eigenvalue weighted by Gasteiger charge is -2.23. The van der Waals surface area contributed by atoms with Gasteiger partial charge in [0, 0.05) is 12.6 Å². The summed E-state index contributed by atoms with van der Waals surface area (Å²) in [5, 5.41) is 3.52. The Hall–Kier alpha value is -0.820. The van der Waals surface area contributed by atoms with Crippen LogP contribution in [0.4, 0.5) is 0 Å². The van der Waals surface area contributed by atoms with Gasteiger partial charge in [-0.25, -0.2) is 0 Å². The molecule has 1 unspecified atom stereocenters. The largest absolute Gasteiger partial charge is 0.310 e. The molecule has 0 bridgehead atoms. The van der Waals surface area contributed by atoms with E-state index < -0.39 is 0 Å². The van der Waals surface area contributed by atoms with Gasteiger partial charge in [0.05, 0.1) is 0 Å². The summed E-state index contributed by atoms with van der Waals surface area (Å²) in [6, 6.07) is 7.76. The van der Waals surface area contributed by atoms with E-state index in [4.69, 9.17) is 0 Å². The Balaban J connectivity index is 1.94. The molecular formula is C13H17N. The third-order valence-electron chi connectivity index (χ3n) is 3.45. The molecule has 14 heavy (non-hydrogen) atoms. The van der Waals surface area contributed by atoms with Crippen LogP contribution in [-0.2, 0) is 13.0 Å². The Morgan fingerprint density at radius 2 is 2.07 bits per heavy atom.